The van der Waals surface area contributed by atoms with Crippen LogP contribution in [0.4, 0.5) is 0 Å². The number of fused-ring (bicyclic) bond motifs is 1. The highest BCUT2D eigenvalue weighted by Crippen LogP contribution is 2.38. The molecule has 0 aromatic heterocycles. The molecule has 2 aliphatic heterocycles. The van der Waals surface area contributed by atoms with E-state index in [1.807, 2.05) is 37.8 Å². The van der Waals surface area contributed by atoms with Gasteiger partial charge in [0.15, 0.2) is 6.10 Å². The van der Waals surface area contributed by atoms with E-state index in [9.17, 15) is 9.59 Å². The van der Waals surface area contributed by atoms with Crippen LogP contribution in [-0.2, 0) is 20.7 Å². The maximum absolute atomic E-state index is 13.2. The van der Waals surface area contributed by atoms with Crippen molar-refractivity contribution in [3.8, 4) is 5.75 Å². The second-order valence-corrected chi connectivity index (χ2v) is 10.0. The van der Waals surface area contributed by atoms with Crippen LogP contribution >= 0.6 is 0 Å². The van der Waals surface area contributed by atoms with Crippen molar-refractivity contribution in [2.75, 3.05) is 19.7 Å². The van der Waals surface area contributed by atoms with E-state index in [-0.39, 0.29) is 29.9 Å². The van der Waals surface area contributed by atoms with Gasteiger partial charge in [0.05, 0.1) is 12.1 Å². The van der Waals surface area contributed by atoms with Crippen LogP contribution < -0.4 is 10.1 Å². The van der Waals surface area contributed by atoms with Gasteiger partial charge in [-0.25, -0.2) is 0 Å². The minimum atomic E-state index is -0.579. The molecule has 2 aliphatic rings. The summed E-state index contributed by atoms with van der Waals surface area (Å²) in [7, 11) is 0. The Balaban J connectivity index is 1.58. The van der Waals surface area contributed by atoms with Gasteiger partial charge in [0.25, 0.3) is 5.91 Å². The van der Waals surface area contributed by atoms with E-state index in [4.69, 9.17) is 9.47 Å². The summed E-state index contributed by atoms with van der Waals surface area (Å²) in [6, 6.07) is 14.3. The topological polar surface area (TPSA) is 67.9 Å². The lowest BCUT2D eigenvalue weighted by Gasteiger charge is -2.39. The molecule has 35 heavy (non-hydrogen) atoms. The molecule has 3 atom stereocenters. The number of aryl methyl sites for hydroxylation is 1. The molecule has 0 aliphatic carbocycles. The van der Waals surface area contributed by atoms with Crippen LogP contribution in [0.2, 0.25) is 0 Å². The number of carbonyl (C=O) groups excluding carboxylic acids is 2. The molecule has 1 N–H and O–H groups in total. The average molecular weight is 479 g/mol. The molecule has 0 saturated carbocycles. The Hall–Kier alpha value is -2.86. The van der Waals surface area contributed by atoms with Gasteiger partial charge in [-0.15, -0.1) is 0 Å². The van der Waals surface area contributed by atoms with Gasteiger partial charge in [-0.1, -0.05) is 56.7 Å². The molecule has 2 heterocycles. The van der Waals surface area contributed by atoms with Gasteiger partial charge in [0.1, 0.15) is 5.75 Å². The van der Waals surface area contributed by atoms with E-state index >= 15 is 0 Å². The van der Waals surface area contributed by atoms with Crippen molar-refractivity contribution < 1.29 is 19.1 Å². The Morgan fingerprint density at radius 1 is 1.17 bits per heavy atom. The summed E-state index contributed by atoms with van der Waals surface area (Å²) < 4.78 is 11.8. The molecule has 6 heteroatoms. The van der Waals surface area contributed by atoms with Crippen LogP contribution in [0.3, 0.4) is 0 Å². The van der Waals surface area contributed by atoms with Gasteiger partial charge in [-0.05, 0) is 61.4 Å². The van der Waals surface area contributed by atoms with E-state index in [0.29, 0.717) is 25.3 Å². The van der Waals surface area contributed by atoms with Gasteiger partial charge in [0.2, 0.25) is 5.91 Å². The van der Waals surface area contributed by atoms with Gasteiger partial charge in [-0.3, -0.25) is 9.59 Å². The second-order valence-electron chi connectivity index (χ2n) is 10.0. The molecule has 188 valence electrons. The number of hydrogen-bond donors (Lipinski definition) is 1. The lowest BCUT2D eigenvalue weighted by molar-refractivity contribution is -0.136. The normalized spacial score (nSPS) is 20.4. The average Bonchev–Trinajstić information content (AvgIpc) is 3.39. The number of ether oxygens (including phenoxy) is 2. The van der Waals surface area contributed by atoms with Gasteiger partial charge >= 0.3 is 0 Å². The number of benzene rings is 2. The summed E-state index contributed by atoms with van der Waals surface area (Å²) >= 11 is 0. The first-order valence-electron chi connectivity index (χ1n) is 12.9. The number of nitrogens with zero attached hydrogens (tertiary/aromatic N) is 1. The summed E-state index contributed by atoms with van der Waals surface area (Å²) in [4.78, 5) is 28.0. The predicted molar refractivity (Wildman–Crippen MR) is 136 cm³/mol. The van der Waals surface area contributed by atoms with E-state index in [1.165, 1.54) is 11.1 Å². The largest absolute Gasteiger partial charge is 0.481 e. The van der Waals surface area contributed by atoms with E-state index in [1.54, 1.807) is 0 Å². The SMILES string of the molecule is CCC(Oc1ccc2c(c1)C(c1ccc(C)cc1)N(C(=O)C(C)C)CC2)C(=O)NCC1CCCO1. The first-order valence-corrected chi connectivity index (χ1v) is 12.9. The Morgan fingerprint density at radius 3 is 2.60 bits per heavy atom. The number of hydrogen-bond acceptors (Lipinski definition) is 4. The maximum Gasteiger partial charge on any atom is 0.261 e. The predicted octanol–water partition coefficient (Wildman–Crippen LogP) is 4.58. The van der Waals surface area contributed by atoms with Crippen molar-refractivity contribution in [3.05, 3.63) is 64.7 Å². The number of carbonyl (C=O) groups is 2. The van der Waals surface area contributed by atoms with Gasteiger partial charge < -0.3 is 19.7 Å². The van der Waals surface area contributed by atoms with Crippen molar-refractivity contribution in [2.24, 2.45) is 5.92 Å². The second kappa shape index (κ2) is 11.3. The van der Waals surface area contributed by atoms with Gasteiger partial charge in [0, 0.05) is 25.6 Å². The van der Waals surface area contributed by atoms with Crippen LogP contribution in [0.5, 0.6) is 5.75 Å². The van der Waals surface area contributed by atoms with Crippen LogP contribution in [0, 0.1) is 12.8 Å². The lowest BCUT2D eigenvalue weighted by atomic mass is 9.87. The highest BCUT2D eigenvalue weighted by atomic mass is 16.5. The highest BCUT2D eigenvalue weighted by Gasteiger charge is 2.33. The fourth-order valence-electron chi connectivity index (χ4n) is 4.96. The van der Waals surface area contributed by atoms with Crippen molar-refractivity contribution >= 4 is 11.8 Å². The monoisotopic (exact) mass is 478 g/mol. The Labute approximate surface area is 209 Å². The Bertz CT molecular complexity index is 1030. The van der Waals surface area contributed by atoms with E-state index in [0.717, 1.165) is 37.0 Å². The number of amides is 2. The minimum absolute atomic E-state index is 0.0825. The zero-order valence-electron chi connectivity index (χ0n) is 21.4. The molecule has 1 saturated heterocycles. The molecule has 6 nitrogen and oxygen atoms in total. The molecule has 2 amide bonds. The standard InChI is InChI=1S/C29H38N2O4/c1-5-26(28(32)30-18-24-7-6-16-34-24)35-23-13-12-21-14-15-31(29(33)19(2)3)27(25(21)17-23)22-10-8-20(4)9-11-22/h8-13,17,19,24,26-27H,5-7,14-16,18H2,1-4H3,(H,30,32). The quantitative estimate of drug-likeness (QED) is 0.603. The summed E-state index contributed by atoms with van der Waals surface area (Å²) in [6.45, 7) is 9.89. The first kappa shape index (κ1) is 25.2. The van der Waals surface area contributed by atoms with E-state index in [2.05, 4.69) is 42.6 Å². The molecular weight excluding hydrogens is 440 g/mol. The first-order chi connectivity index (χ1) is 16.9. The Morgan fingerprint density at radius 2 is 1.94 bits per heavy atom. The van der Waals surface area contributed by atoms with Crippen LogP contribution in [0.25, 0.3) is 0 Å². The third kappa shape index (κ3) is 5.87. The summed E-state index contributed by atoms with van der Waals surface area (Å²) in [5, 5.41) is 2.99. The molecular formula is C29H38N2O4. The third-order valence-electron chi connectivity index (χ3n) is 6.99. The fourth-order valence-corrected chi connectivity index (χ4v) is 4.96. The van der Waals surface area contributed by atoms with Crippen molar-refractivity contribution in [1.82, 2.24) is 10.2 Å². The summed E-state index contributed by atoms with van der Waals surface area (Å²) in [6.07, 6.45) is 2.91. The van der Waals surface area contributed by atoms with Crippen molar-refractivity contribution in [3.63, 3.8) is 0 Å². The third-order valence-corrected chi connectivity index (χ3v) is 6.99. The number of nitrogens with one attached hydrogen (secondary N) is 1. The molecule has 0 bridgehead atoms. The zero-order valence-corrected chi connectivity index (χ0v) is 21.4. The lowest BCUT2D eigenvalue weighted by Crippen LogP contribution is -2.43. The summed E-state index contributed by atoms with van der Waals surface area (Å²) in [5.41, 5.74) is 4.56. The molecule has 0 spiro atoms. The molecule has 2 aromatic rings. The number of rotatable bonds is 8. The summed E-state index contributed by atoms with van der Waals surface area (Å²) in [5.74, 6) is 0.597. The van der Waals surface area contributed by atoms with Crippen molar-refractivity contribution in [1.29, 1.82) is 0 Å². The highest BCUT2D eigenvalue weighted by molar-refractivity contribution is 5.81. The maximum atomic E-state index is 13.2. The van der Waals surface area contributed by atoms with Crippen LogP contribution in [0.15, 0.2) is 42.5 Å². The van der Waals surface area contributed by atoms with Gasteiger partial charge in [-0.2, -0.15) is 0 Å². The smallest absolute Gasteiger partial charge is 0.261 e. The Kier molecular flexibility index (Phi) is 8.11. The zero-order chi connectivity index (χ0) is 24.9. The van der Waals surface area contributed by atoms with Crippen molar-refractivity contribution in [2.45, 2.75) is 71.6 Å². The molecule has 3 unspecified atom stereocenters. The molecule has 2 aromatic carbocycles. The fraction of sp³-hybridized carbons (Fsp3) is 0.517. The van der Waals surface area contributed by atoms with Crippen LogP contribution in [-0.4, -0.2) is 48.6 Å². The molecule has 4 rings (SSSR count). The molecule has 0 radical (unpaired) electrons. The minimum Gasteiger partial charge on any atom is -0.481 e. The van der Waals surface area contributed by atoms with E-state index < -0.39 is 6.10 Å². The van der Waals surface area contributed by atoms with Crippen LogP contribution in [0.1, 0.15) is 68.3 Å². The molecule has 1 fully saturated rings.